The van der Waals surface area contributed by atoms with Crippen molar-refractivity contribution in [3.63, 3.8) is 0 Å². The van der Waals surface area contributed by atoms with E-state index in [1.165, 1.54) is 6.42 Å². The molecular weight excluding hydrogens is 180 g/mol. The van der Waals surface area contributed by atoms with E-state index in [-0.39, 0.29) is 11.3 Å². The van der Waals surface area contributed by atoms with Crippen molar-refractivity contribution in [3.05, 3.63) is 0 Å². The lowest BCUT2D eigenvalue weighted by Gasteiger charge is -2.34. The van der Waals surface area contributed by atoms with Crippen LogP contribution in [-0.4, -0.2) is 19.1 Å². The van der Waals surface area contributed by atoms with Crippen LogP contribution in [0.5, 0.6) is 0 Å². The Morgan fingerprint density at radius 3 is 2.57 bits per heavy atom. The summed E-state index contributed by atoms with van der Waals surface area (Å²) in [6.07, 6.45) is 5.18. The molecule has 0 aliphatic heterocycles. The van der Waals surface area contributed by atoms with E-state index in [0.29, 0.717) is 13.2 Å². The Labute approximate surface area is 85.1 Å². The molecule has 1 rings (SSSR count). The maximum absolute atomic E-state index is 11.8. The zero-order valence-corrected chi connectivity index (χ0v) is 8.84. The highest BCUT2D eigenvalue weighted by Crippen LogP contribution is 2.35. The Hall–Kier alpha value is -0.610. The minimum absolute atomic E-state index is 0.0402. The summed E-state index contributed by atoms with van der Waals surface area (Å²) in [6.45, 7) is 2.76. The lowest BCUT2D eigenvalue weighted by molar-refractivity contribution is -0.145. The second-order valence-electron chi connectivity index (χ2n) is 3.91. The van der Waals surface area contributed by atoms with Gasteiger partial charge in [-0.25, -0.2) is 5.48 Å². The van der Waals surface area contributed by atoms with Gasteiger partial charge >= 0.3 is 0 Å². The first kappa shape index (κ1) is 11.5. The van der Waals surface area contributed by atoms with Crippen LogP contribution in [0.4, 0.5) is 0 Å². The molecule has 1 aliphatic rings. The second-order valence-corrected chi connectivity index (χ2v) is 3.91. The van der Waals surface area contributed by atoms with E-state index in [2.05, 4.69) is 5.48 Å². The van der Waals surface area contributed by atoms with Crippen LogP contribution < -0.4 is 11.2 Å². The van der Waals surface area contributed by atoms with Crippen LogP contribution in [0.25, 0.3) is 0 Å². The third-order valence-electron chi connectivity index (χ3n) is 2.99. The summed E-state index contributed by atoms with van der Waals surface area (Å²) < 4.78 is 0. The fourth-order valence-electron chi connectivity index (χ4n) is 2.00. The molecule has 0 saturated heterocycles. The van der Waals surface area contributed by atoms with E-state index in [1.54, 1.807) is 0 Å². The highest BCUT2D eigenvalue weighted by molar-refractivity contribution is 5.82. The molecule has 1 aliphatic carbocycles. The van der Waals surface area contributed by atoms with Gasteiger partial charge in [0, 0.05) is 6.54 Å². The Morgan fingerprint density at radius 1 is 1.43 bits per heavy atom. The topological polar surface area (TPSA) is 64.3 Å². The molecule has 82 valence electrons. The Bertz CT molecular complexity index is 189. The average Bonchev–Trinajstić information content (AvgIpc) is 2.26. The van der Waals surface area contributed by atoms with Crippen molar-refractivity contribution in [1.29, 1.82) is 0 Å². The molecule has 0 aromatic carbocycles. The monoisotopic (exact) mass is 200 g/mol. The molecular formula is C10H20N2O2. The maximum Gasteiger partial charge on any atom is 0.251 e. The van der Waals surface area contributed by atoms with Crippen LogP contribution >= 0.6 is 0 Å². The third kappa shape index (κ3) is 2.45. The molecule has 0 spiro atoms. The van der Waals surface area contributed by atoms with Gasteiger partial charge < -0.3 is 5.73 Å². The summed E-state index contributed by atoms with van der Waals surface area (Å²) in [5.41, 5.74) is 7.80. The quantitative estimate of drug-likeness (QED) is 0.664. The normalized spacial score (nSPS) is 20.4. The number of hydrogen-bond acceptors (Lipinski definition) is 3. The molecule has 4 nitrogen and oxygen atoms in total. The molecule has 1 saturated carbocycles. The molecule has 1 amide bonds. The van der Waals surface area contributed by atoms with Gasteiger partial charge in [0.25, 0.3) is 5.91 Å². The van der Waals surface area contributed by atoms with E-state index >= 15 is 0 Å². The van der Waals surface area contributed by atoms with Crippen LogP contribution in [0.2, 0.25) is 0 Å². The number of carbonyl (C=O) groups excluding carboxylic acids is 1. The van der Waals surface area contributed by atoms with Gasteiger partial charge in [-0.3, -0.25) is 9.63 Å². The molecule has 14 heavy (non-hydrogen) atoms. The number of carbonyl (C=O) groups is 1. The number of hydrogen-bond donors (Lipinski definition) is 2. The van der Waals surface area contributed by atoms with Crippen LogP contribution in [-0.2, 0) is 9.63 Å². The van der Waals surface area contributed by atoms with E-state index in [0.717, 1.165) is 25.7 Å². The molecule has 0 atom stereocenters. The van der Waals surface area contributed by atoms with E-state index < -0.39 is 0 Å². The average molecular weight is 200 g/mol. The van der Waals surface area contributed by atoms with E-state index in [4.69, 9.17) is 10.6 Å². The summed E-state index contributed by atoms with van der Waals surface area (Å²) in [6, 6.07) is 0. The van der Waals surface area contributed by atoms with Gasteiger partial charge in [0.05, 0.1) is 12.0 Å². The predicted molar refractivity (Wildman–Crippen MR) is 54.3 cm³/mol. The standard InChI is InChI=1S/C10H20N2O2/c1-2-14-12-9(13)10(8-11)6-4-3-5-7-10/h2-8,11H2,1H3,(H,12,13). The van der Waals surface area contributed by atoms with Gasteiger partial charge in [-0.2, -0.15) is 0 Å². The van der Waals surface area contributed by atoms with Crippen molar-refractivity contribution in [2.75, 3.05) is 13.2 Å². The van der Waals surface area contributed by atoms with Crippen LogP contribution in [0.3, 0.4) is 0 Å². The SMILES string of the molecule is CCONC(=O)C1(CN)CCCCC1. The van der Waals surface area contributed by atoms with Crippen molar-refractivity contribution in [1.82, 2.24) is 5.48 Å². The van der Waals surface area contributed by atoms with E-state index in [1.807, 2.05) is 6.92 Å². The molecule has 1 fully saturated rings. The zero-order chi connectivity index (χ0) is 10.4. The summed E-state index contributed by atoms with van der Waals surface area (Å²) in [5, 5.41) is 0. The summed E-state index contributed by atoms with van der Waals surface area (Å²) in [5.74, 6) is -0.0402. The minimum Gasteiger partial charge on any atom is -0.329 e. The molecule has 3 N–H and O–H groups in total. The van der Waals surface area contributed by atoms with Gasteiger partial charge in [-0.1, -0.05) is 19.3 Å². The molecule has 0 unspecified atom stereocenters. The van der Waals surface area contributed by atoms with Crippen molar-refractivity contribution >= 4 is 5.91 Å². The predicted octanol–water partition coefficient (Wildman–Crippen LogP) is 0.963. The van der Waals surface area contributed by atoms with Gasteiger partial charge in [-0.05, 0) is 19.8 Å². The van der Waals surface area contributed by atoms with Gasteiger partial charge in [-0.15, -0.1) is 0 Å². The lowest BCUT2D eigenvalue weighted by atomic mass is 9.73. The maximum atomic E-state index is 11.8. The number of amides is 1. The highest BCUT2D eigenvalue weighted by atomic mass is 16.6. The molecule has 0 bridgehead atoms. The van der Waals surface area contributed by atoms with Crippen LogP contribution in [0, 0.1) is 5.41 Å². The summed E-state index contributed by atoms with van der Waals surface area (Å²) in [7, 11) is 0. The van der Waals surface area contributed by atoms with Gasteiger partial charge in [0.2, 0.25) is 0 Å². The molecule has 0 heterocycles. The summed E-state index contributed by atoms with van der Waals surface area (Å²) in [4.78, 5) is 16.7. The smallest absolute Gasteiger partial charge is 0.251 e. The van der Waals surface area contributed by atoms with Crippen molar-refractivity contribution < 1.29 is 9.63 Å². The fourth-order valence-corrected chi connectivity index (χ4v) is 2.00. The second kappa shape index (κ2) is 5.32. The van der Waals surface area contributed by atoms with Crippen LogP contribution in [0.1, 0.15) is 39.0 Å². The first-order valence-corrected chi connectivity index (χ1v) is 5.37. The van der Waals surface area contributed by atoms with Crippen molar-refractivity contribution in [2.24, 2.45) is 11.1 Å². The Kier molecular flexibility index (Phi) is 4.35. The first-order chi connectivity index (χ1) is 6.75. The first-order valence-electron chi connectivity index (χ1n) is 5.37. The van der Waals surface area contributed by atoms with Crippen LogP contribution in [0.15, 0.2) is 0 Å². The highest BCUT2D eigenvalue weighted by Gasteiger charge is 2.38. The van der Waals surface area contributed by atoms with Gasteiger partial charge in [0.1, 0.15) is 0 Å². The Balaban J connectivity index is 2.53. The number of rotatable bonds is 4. The van der Waals surface area contributed by atoms with Crippen molar-refractivity contribution in [2.45, 2.75) is 39.0 Å². The zero-order valence-electron chi connectivity index (χ0n) is 8.84. The van der Waals surface area contributed by atoms with Crippen molar-refractivity contribution in [3.8, 4) is 0 Å². The fraction of sp³-hybridized carbons (Fsp3) is 0.900. The minimum atomic E-state index is -0.368. The summed E-state index contributed by atoms with van der Waals surface area (Å²) >= 11 is 0. The molecule has 4 heteroatoms. The number of nitrogens with one attached hydrogen (secondary N) is 1. The third-order valence-corrected chi connectivity index (χ3v) is 2.99. The molecule has 0 aromatic heterocycles. The number of hydroxylamine groups is 1. The number of nitrogens with two attached hydrogens (primary N) is 1. The lowest BCUT2D eigenvalue weighted by Crippen LogP contribution is -2.47. The molecule has 0 aromatic rings. The Morgan fingerprint density at radius 2 is 2.07 bits per heavy atom. The van der Waals surface area contributed by atoms with Gasteiger partial charge in [0.15, 0.2) is 0 Å². The molecule has 0 radical (unpaired) electrons. The van der Waals surface area contributed by atoms with E-state index in [9.17, 15) is 4.79 Å². The largest absolute Gasteiger partial charge is 0.329 e.